The molecule has 2 aromatic carbocycles. The first kappa shape index (κ1) is 18.6. The van der Waals surface area contributed by atoms with E-state index in [1.807, 2.05) is 28.8 Å². The number of para-hydroxylation sites is 1. The predicted octanol–water partition coefficient (Wildman–Crippen LogP) is 3.37. The van der Waals surface area contributed by atoms with E-state index < -0.39 is 5.97 Å². The van der Waals surface area contributed by atoms with E-state index >= 15 is 0 Å². The van der Waals surface area contributed by atoms with E-state index in [4.69, 9.17) is 19.5 Å². The van der Waals surface area contributed by atoms with Crippen molar-refractivity contribution < 1.29 is 23.8 Å². The Bertz CT molecular complexity index is 1130. The Labute approximate surface area is 167 Å². The van der Waals surface area contributed by atoms with Gasteiger partial charge in [-0.05, 0) is 24.3 Å². The highest BCUT2D eigenvalue weighted by Gasteiger charge is 2.19. The lowest BCUT2D eigenvalue weighted by atomic mass is 10.1. The molecular formula is C22H18N2O5. The molecule has 4 rings (SSSR count). The van der Waals surface area contributed by atoms with Gasteiger partial charge in [0.15, 0.2) is 18.1 Å². The van der Waals surface area contributed by atoms with Crippen LogP contribution in [-0.4, -0.2) is 36.1 Å². The minimum atomic E-state index is -0.608. The van der Waals surface area contributed by atoms with Crippen LogP contribution >= 0.6 is 0 Å². The Hall–Kier alpha value is -3.79. The molecule has 7 heteroatoms. The molecule has 1 aliphatic rings. The highest BCUT2D eigenvalue weighted by molar-refractivity contribution is 6.09. The summed E-state index contributed by atoms with van der Waals surface area (Å²) in [5.41, 5.74) is 1.62. The van der Waals surface area contributed by atoms with E-state index in [0.29, 0.717) is 48.8 Å². The second-order valence-corrected chi connectivity index (χ2v) is 6.52. The fraction of sp³-hybridized carbons (Fsp3) is 0.227. The number of aromatic nitrogens is 1. The summed E-state index contributed by atoms with van der Waals surface area (Å²) in [5.74, 6) is 0.151. The molecule has 2 heterocycles. The van der Waals surface area contributed by atoms with Gasteiger partial charge in [-0.25, -0.2) is 4.79 Å². The molecule has 0 saturated heterocycles. The molecule has 7 nitrogen and oxygen atoms in total. The highest BCUT2D eigenvalue weighted by Crippen LogP contribution is 2.31. The quantitative estimate of drug-likeness (QED) is 0.473. The Kier molecular flexibility index (Phi) is 5.16. The predicted molar refractivity (Wildman–Crippen MR) is 104 cm³/mol. The molecule has 0 radical (unpaired) electrons. The summed E-state index contributed by atoms with van der Waals surface area (Å²) in [5, 5.41) is 9.61. The first-order valence-electron chi connectivity index (χ1n) is 9.22. The number of fused-ring (bicyclic) bond motifs is 2. The van der Waals surface area contributed by atoms with Crippen LogP contribution in [0.5, 0.6) is 11.5 Å². The lowest BCUT2D eigenvalue weighted by Crippen LogP contribution is -2.17. The number of ether oxygens (including phenoxy) is 3. The maximum absolute atomic E-state index is 12.7. The van der Waals surface area contributed by atoms with E-state index in [1.165, 1.54) is 0 Å². The molecule has 0 amide bonds. The molecule has 146 valence electrons. The summed E-state index contributed by atoms with van der Waals surface area (Å²) in [6.45, 7) is 0.994. The number of carbonyl (C=O) groups excluding carboxylic acids is 2. The normalized spacial score (nSPS) is 12.4. The van der Waals surface area contributed by atoms with Crippen molar-refractivity contribution in [2.24, 2.45) is 0 Å². The van der Waals surface area contributed by atoms with Crippen molar-refractivity contribution in [2.75, 3.05) is 19.8 Å². The molecule has 29 heavy (non-hydrogen) atoms. The molecule has 1 aliphatic heterocycles. The van der Waals surface area contributed by atoms with E-state index in [1.54, 1.807) is 24.4 Å². The zero-order valence-electron chi connectivity index (χ0n) is 15.6. The Balaban J connectivity index is 1.48. The molecule has 0 aliphatic carbocycles. The fourth-order valence-corrected chi connectivity index (χ4v) is 3.29. The number of Topliss-reactive ketones (excluding diaryl/α,β-unsaturated/α-hetero) is 1. The van der Waals surface area contributed by atoms with E-state index in [0.717, 1.165) is 10.9 Å². The number of carbonyl (C=O) groups is 2. The van der Waals surface area contributed by atoms with Crippen LogP contribution in [-0.2, 0) is 11.3 Å². The topological polar surface area (TPSA) is 90.6 Å². The number of rotatable bonds is 6. The lowest BCUT2D eigenvalue weighted by molar-refractivity contribution is 0.0474. The average molecular weight is 390 g/mol. The van der Waals surface area contributed by atoms with Gasteiger partial charge in [-0.15, -0.1) is 0 Å². The van der Waals surface area contributed by atoms with Gasteiger partial charge in [-0.2, -0.15) is 5.26 Å². The number of hydrogen-bond donors (Lipinski definition) is 0. The third-order valence-electron chi connectivity index (χ3n) is 4.67. The van der Waals surface area contributed by atoms with Crippen molar-refractivity contribution in [1.82, 2.24) is 4.57 Å². The van der Waals surface area contributed by atoms with Crippen molar-refractivity contribution in [3.8, 4) is 17.6 Å². The van der Waals surface area contributed by atoms with Crippen molar-refractivity contribution in [2.45, 2.75) is 13.0 Å². The van der Waals surface area contributed by atoms with Gasteiger partial charge in [0.05, 0.1) is 18.1 Å². The molecular weight excluding hydrogens is 372 g/mol. The van der Waals surface area contributed by atoms with E-state index in [9.17, 15) is 9.59 Å². The zero-order valence-corrected chi connectivity index (χ0v) is 15.6. The minimum absolute atomic E-state index is 0.290. The number of ketones is 1. The van der Waals surface area contributed by atoms with Crippen molar-refractivity contribution >= 4 is 22.7 Å². The summed E-state index contributed by atoms with van der Waals surface area (Å²) in [7, 11) is 0. The number of hydrogen-bond acceptors (Lipinski definition) is 6. The number of benzene rings is 2. The summed E-state index contributed by atoms with van der Waals surface area (Å²) in [6.07, 6.45) is 2.05. The van der Waals surface area contributed by atoms with Crippen LogP contribution in [0.1, 0.15) is 27.1 Å². The van der Waals surface area contributed by atoms with Gasteiger partial charge in [-0.3, -0.25) is 4.79 Å². The first-order valence-corrected chi connectivity index (χ1v) is 9.22. The van der Waals surface area contributed by atoms with Crippen molar-refractivity contribution in [1.29, 1.82) is 5.26 Å². The third-order valence-corrected chi connectivity index (χ3v) is 4.67. The van der Waals surface area contributed by atoms with Gasteiger partial charge in [0, 0.05) is 29.2 Å². The summed E-state index contributed by atoms with van der Waals surface area (Å²) < 4.78 is 18.0. The van der Waals surface area contributed by atoms with E-state index in [-0.39, 0.29) is 12.4 Å². The molecule has 0 N–H and O–H groups in total. The maximum Gasteiger partial charge on any atom is 0.338 e. The van der Waals surface area contributed by atoms with Gasteiger partial charge in [-0.1, -0.05) is 18.2 Å². The zero-order chi connectivity index (χ0) is 20.2. The standard InChI is InChI=1S/C22H18N2O5/c23-8-3-9-24-13-17(16-4-1-2-5-18(16)24)19(25)14-29-22(26)15-6-7-20-21(12-15)28-11-10-27-20/h1-2,4-7,12-13H,3,9-11,14H2. The summed E-state index contributed by atoms with van der Waals surface area (Å²) in [4.78, 5) is 25.1. The molecule has 0 atom stereocenters. The van der Waals surface area contributed by atoms with Gasteiger partial charge in [0.1, 0.15) is 13.2 Å². The smallest absolute Gasteiger partial charge is 0.338 e. The summed E-state index contributed by atoms with van der Waals surface area (Å²) in [6, 6.07) is 14.3. The van der Waals surface area contributed by atoms with Gasteiger partial charge < -0.3 is 18.8 Å². The lowest BCUT2D eigenvalue weighted by Gasteiger charge is -2.18. The van der Waals surface area contributed by atoms with Crippen LogP contribution in [0.3, 0.4) is 0 Å². The van der Waals surface area contributed by atoms with Crippen molar-refractivity contribution in [3.63, 3.8) is 0 Å². The van der Waals surface area contributed by atoms with E-state index in [2.05, 4.69) is 6.07 Å². The number of esters is 1. The Morgan fingerprint density at radius 2 is 1.90 bits per heavy atom. The van der Waals surface area contributed by atoms with Crippen LogP contribution in [0.25, 0.3) is 10.9 Å². The van der Waals surface area contributed by atoms with Crippen molar-refractivity contribution in [3.05, 3.63) is 59.8 Å². The van der Waals surface area contributed by atoms with Crippen LogP contribution in [0.15, 0.2) is 48.7 Å². The number of aryl methyl sites for hydroxylation is 1. The molecule has 0 unspecified atom stereocenters. The highest BCUT2D eigenvalue weighted by atomic mass is 16.6. The maximum atomic E-state index is 12.7. The fourth-order valence-electron chi connectivity index (χ4n) is 3.29. The molecule has 0 saturated carbocycles. The van der Waals surface area contributed by atoms with Crippen LogP contribution in [0.4, 0.5) is 0 Å². The van der Waals surface area contributed by atoms with Gasteiger partial charge >= 0.3 is 5.97 Å². The van der Waals surface area contributed by atoms with Gasteiger partial charge in [0.2, 0.25) is 5.78 Å². The molecule has 0 fully saturated rings. The van der Waals surface area contributed by atoms with Crippen LogP contribution in [0, 0.1) is 11.3 Å². The summed E-state index contributed by atoms with van der Waals surface area (Å²) >= 11 is 0. The molecule has 0 bridgehead atoms. The second-order valence-electron chi connectivity index (χ2n) is 6.52. The van der Waals surface area contributed by atoms with Crippen LogP contribution < -0.4 is 9.47 Å². The molecule has 3 aromatic rings. The van der Waals surface area contributed by atoms with Crippen LogP contribution in [0.2, 0.25) is 0 Å². The van der Waals surface area contributed by atoms with Gasteiger partial charge in [0.25, 0.3) is 0 Å². The average Bonchev–Trinajstić information content (AvgIpc) is 3.14. The third kappa shape index (κ3) is 3.78. The number of nitrogens with zero attached hydrogens (tertiary/aromatic N) is 2. The molecule has 1 aromatic heterocycles. The number of nitriles is 1. The SMILES string of the molecule is N#CCCn1cc(C(=O)COC(=O)c2ccc3c(c2)OCCO3)c2ccccc21. The monoisotopic (exact) mass is 390 g/mol. The molecule has 0 spiro atoms. The minimum Gasteiger partial charge on any atom is -0.486 e. The Morgan fingerprint density at radius 3 is 2.72 bits per heavy atom. The second kappa shape index (κ2) is 8.07. The first-order chi connectivity index (χ1) is 14.2. The largest absolute Gasteiger partial charge is 0.486 e. The Morgan fingerprint density at radius 1 is 1.10 bits per heavy atom.